The second-order valence-electron chi connectivity index (χ2n) is 4.67. The number of thiazole rings is 1. The molecule has 1 N–H and O–H groups in total. The van der Waals surface area contributed by atoms with Gasteiger partial charge in [0.25, 0.3) is 0 Å². The molecule has 13 heteroatoms. The van der Waals surface area contributed by atoms with Gasteiger partial charge in [0, 0.05) is 18.0 Å². The quantitative estimate of drug-likeness (QED) is 0.527. The molecular formula is C12H16N6O4S3. The van der Waals surface area contributed by atoms with Crippen LogP contribution in [0, 0.1) is 0 Å². The van der Waals surface area contributed by atoms with Crippen molar-refractivity contribution in [3.05, 3.63) is 11.5 Å². The van der Waals surface area contributed by atoms with Crippen LogP contribution in [0.3, 0.4) is 0 Å². The highest BCUT2D eigenvalue weighted by Crippen LogP contribution is 2.33. The third-order valence-electron chi connectivity index (χ3n) is 2.57. The summed E-state index contributed by atoms with van der Waals surface area (Å²) in [6, 6.07) is 0. The first-order chi connectivity index (χ1) is 11.8. The van der Waals surface area contributed by atoms with Gasteiger partial charge in [0.1, 0.15) is 5.82 Å². The number of nitrogens with zero attached hydrogens (tertiary/aromatic N) is 5. The number of hydrogen-bond donors (Lipinski definition) is 1. The maximum atomic E-state index is 11.7. The molecule has 0 amide bonds. The first kappa shape index (κ1) is 19.3. The maximum absolute atomic E-state index is 11.7. The zero-order chi connectivity index (χ0) is 18.4. The Bertz CT molecular complexity index is 873. The van der Waals surface area contributed by atoms with Crippen LogP contribution in [0.25, 0.3) is 0 Å². The van der Waals surface area contributed by atoms with E-state index >= 15 is 0 Å². The molecule has 0 fully saturated rings. The number of sulfonamides is 1. The molecule has 2 aromatic heterocycles. The lowest BCUT2D eigenvalue weighted by atomic mass is 10.3. The van der Waals surface area contributed by atoms with E-state index in [2.05, 4.69) is 29.3 Å². The summed E-state index contributed by atoms with van der Waals surface area (Å²) in [5.41, 5.74) is 0.276. The van der Waals surface area contributed by atoms with Crippen LogP contribution in [0.5, 0.6) is 0 Å². The second-order valence-corrected chi connectivity index (χ2v) is 8.13. The highest BCUT2D eigenvalue weighted by atomic mass is 32.2. The molecule has 10 nitrogen and oxygen atoms in total. The molecule has 0 radical (unpaired) electrons. The van der Waals surface area contributed by atoms with Gasteiger partial charge in [-0.3, -0.25) is 9.52 Å². The Morgan fingerprint density at radius 2 is 2.04 bits per heavy atom. The predicted molar refractivity (Wildman–Crippen MR) is 94.4 cm³/mol. The molecule has 2 aromatic rings. The molecule has 0 spiro atoms. The Hall–Kier alpha value is -1.99. The molecule has 0 aliphatic heterocycles. The summed E-state index contributed by atoms with van der Waals surface area (Å²) in [6.45, 7) is 3.85. The van der Waals surface area contributed by atoms with E-state index < -0.39 is 16.0 Å². The van der Waals surface area contributed by atoms with Gasteiger partial charge in [0.15, 0.2) is 10.1 Å². The topological polar surface area (TPSA) is 136 Å². The van der Waals surface area contributed by atoms with Crippen LogP contribution < -0.4 is 4.72 Å². The van der Waals surface area contributed by atoms with Crippen molar-refractivity contribution in [3.8, 4) is 0 Å². The van der Waals surface area contributed by atoms with E-state index in [4.69, 9.17) is 4.74 Å². The molecule has 25 heavy (non-hydrogen) atoms. The number of anilines is 1. The fourth-order valence-corrected chi connectivity index (χ4v) is 3.83. The second kappa shape index (κ2) is 8.40. The van der Waals surface area contributed by atoms with Crippen molar-refractivity contribution in [1.29, 1.82) is 0 Å². The molecule has 2 heterocycles. The van der Waals surface area contributed by atoms with Gasteiger partial charge in [-0.15, -0.1) is 10.2 Å². The number of aromatic nitrogens is 3. The van der Waals surface area contributed by atoms with Crippen LogP contribution >= 0.6 is 22.9 Å². The van der Waals surface area contributed by atoms with Crippen LogP contribution in [-0.4, -0.2) is 41.6 Å². The van der Waals surface area contributed by atoms with Crippen LogP contribution in [0.2, 0.25) is 0 Å². The summed E-state index contributed by atoms with van der Waals surface area (Å²) in [7, 11) is -3.50. The molecule has 136 valence electrons. The molecular weight excluding hydrogens is 388 g/mol. The molecule has 0 aliphatic carbocycles. The number of esters is 1. The highest BCUT2D eigenvalue weighted by molar-refractivity contribution is 7.92. The molecule has 0 unspecified atom stereocenters. The summed E-state index contributed by atoms with van der Waals surface area (Å²) in [4.78, 5) is 19.9. The van der Waals surface area contributed by atoms with Gasteiger partial charge in [-0.05, 0) is 6.92 Å². The van der Waals surface area contributed by atoms with E-state index in [1.54, 1.807) is 6.92 Å². The SMILES string of the molecule is CCOC(=O)Cc1nc(NS(C)(=O)=O)sc1/N=N/c1nc(CC)ns1. The Morgan fingerprint density at radius 1 is 1.28 bits per heavy atom. The largest absolute Gasteiger partial charge is 0.466 e. The molecule has 0 saturated heterocycles. The normalized spacial score (nSPS) is 11.8. The standard InChI is InChI=1S/C12H16N6O4S3/c1-4-8-14-11(24-17-8)16-15-10-7(6-9(19)22-5-2)13-12(23-10)18-25(3,20)21/h4-6H2,1-3H3,(H,13,18)/b16-15+. The summed E-state index contributed by atoms with van der Waals surface area (Å²) >= 11 is 2.06. The lowest BCUT2D eigenvalue weighted by molar-refractivity contribution is -0.142. The van der Waals surface area contributed by atoms with Crippen LogP contribution in [0.15, 0.2) is 10.2 Å². The van der Waals surface area contributed by atoms with Crippen molar-refractivity contribution in [1.82, 2.24) is 14.3 Å². The molecule has 0 saturated carbocycles. The molecule has 0 atom stereocenters. The van der Waals surface area contributed by atoms with Crippen molar-refractivity contribution in [2.45, 2.75) is 26.7 Å². The summed E-state index contributed by atoms with van der Waals surface area (Å²) < 4.78 is 33.9. The molecule has 2 rings (SSSR count). The first-order valence-corrected chi connectivity index (χ1v) is 10.7. The average molecular weight is 404 g/mol. The third-order valence-corrected chi connectivity index (χ3v) is 4.80. The van der Waals surface area contributed by atoms with Gasteiger partial charge in [-0.1, -0.05) is 18.3 Å². The number of rotatable bonds is 8. The fraction of sp³-hybridized carbons (Fsp3) is 0.500. The highest BCUT2D eigenvalue weighted by Gasteiger charge is 2.17. The van der Waals surface area contributed by atoms with Crippen LogP contribution in [-0.2, 0) is 32.4 Å². The zero-order valence-corrected chi connectivity index (χ0v) is 16.2. The summed E-state index contributed by atoms with van der Waals surface area (Å²) in [5, 5.41) is 8.78. The zero-order valence-electron chi connectivity index (χ0n) is 13.7. The van der Waals surface area contributed by atoms with E-state index in [1.807, 2.05) is 6.92 Å². The van der Waals surface area contributed by atoms with Crippen molar-refractivity contribution in [2.75, 3.05) is 17.6 Å². The smallest absolute Gasteiger partial charge is 0.311 e. The van der Waals surface area contributed by atoms with Crippen molar-refractivity contribution in [3.63, 3.8) is 0 Å². The van der Waals surface area contributed by atoms with Crippen LogP contribution in [0.4, 0.5) is 15.3 Å². The van der Waals surface area contributed by atoms with E-state index in [0.717, 1.165) is 29.1 Å². The van der Waals surface area contributed by atoms with Gasteiger partial charge < -0.3 is 4.74 Å². The molecule has 0 aromatic carbocycles. The van der Waals surface area contributed by atoms with E-state index in [9.17, 15) is 13.2 Å². The molecule has 0 aliphatic rings. The Balaban J connectivity index is 2.27. The predicted octanol–water partition coefficient (Wildman–Crippen LogP) is 2.45. The number of aryl methyl sites for hydroxylation is 1. The van der Waals surface area contributed by atoms with Gasteiger partial charge in [0.2, 0.25) is 15.2 Å². The van der Waals surface area contributed by atoms with E-state index in [-0.39, 0.29) is 23.9 Å². The van der Waals surface area contributed by atoms with Crippen molar-refractivity contribution < 1.29 is 17.9 Å². The number of azo groups is 1. The number of ether oxygens (including phenoxy) is 1. The van der Waals surface area contributed by atoms with Crippen molar-refractivity contribution >= 4 is 54.1 Å². The van der Waals surface area contributed by atoms with E-state index in [0.29, 0.717) is 22.4 Å². The lowest BCUT2D eigenvalue weighted by Crippen LogP contribution is -2.10. The monoisotopic (exact) mass is 404 g/mol. The fourth-order valence-electron chi connectivity index (χ4n) is 1.61. The van der Waals surface area contributed by atoms with Gasteiger partial charge in [0.05, 0.1) is 25.0 Å². The Kier molecular flexibility index (Phi) is 6.50. The Labute approximate surface area is 152 Å². The third kappa shape index (κ3) is 6.10. The van der Waals surface area contributed by atoms with Gasteiger partial charge >= 0.3 is 5.97 Å². The maximum Gasteiger partial charge on any atom is 0.311 e. The van der Waals surface area contributed by atoms with Crippen LogP contribution in [0.1, 0.15) is 25.4 Å². The minimum Gasteiger partial charge on any atom is -0.466 e. The number of carbonyl (C=O) groups excluding carboxylic acids is 1. The number of hydrogen-bond acceptors (Lipinski definition) is 11. The summed E-state index contributed by atoms with van der Waals surface area (Å²) in [6.07, 6.45) is 1.55. The van der Waals surface area contributed by atoms with E-state index in [1.165, 1.54) is 0 Å². The summed E-state index contributed by atoms with van der Waals surface area (Å²) in [5.74, 6) is 0.175. The minimum atomic E-state index is -3.50. The first-order valence-electron chi connectivity index (χ1n) is 7.18. The van der Waals surface area contributed by atoms with Crippen molar-refractivity contribution in [2.24, 2.45) is 10.2 Å². The van der Waals surface area contributed by atoms with Gasteiger partial charge in [-0.25, -0.2) is 18.4 Å². The minimum absolute atomic E-state index is 0.0993. The van der Waals surface area contributed by atoms with Gasteiger partial charge in [-0.2, -0.15) is 4.37 Å². The molecule has 0 bridgehead atoms. The average Bonchev–Trinajstić information content (AvgIpc) is 3.10. The number of nitrogens with one attached hydrogen (secondary N) is 1. The Morgan fingerprint density at radius 3 is 2.64 bits per heavy atom. The lowest BCUT2D eigenvalue weighted by Gasteiger charge is -1.99. The number of carbonyl (C=O) groups is 1.